The average molecular weight is 361 g/mol. The minimum Gasteiger partial charge on any atom is -0.481 e. The Kier molecular flexibility index (Phi) is 4.57. The highest BCUT2D eigenvalue weighted by atomic mass is 32.2. The Balaban J connectivity index is 2.47. The smallest absolute Gasteiger partial charge is 0.308 e. The second-order valence-corrected chi connectivity index (χ2v) is 9.87. The molecule has 1 fully saturated rings. The van der Waals surface area contributed by atoms with Crippen molar-refractivity contribution in [3.8, 4) is 0 Å². The molecule has 0 bridgehead atoms. The zero-order valence-corrected chi connectivity index (χ0v) is 14.7. The topological polar surface area (TPSA) is 109 Å². The lowest BCUT2D eigenvalue weighted by Crippen LogP contribution is -2.30. The van der Waals surface area contributed by atoms with Crippen molar-refractivity contribution in [1.29, 1.82) is 0 Å². The molecule has 23 heavy (non-hydrogen) atoms. The van der Waals surface area contributed by atoms with Gasteiger partial charge in [-0.2, -0.15) is 4.31 Å². The van der Waals surface area contributed by atoms with E-state index >= 15 is 0 Å². The Morgan fingerprint density at radius 3 is 2.30 bits per heavy atom. The summed E-state index contributed by atoms with van der Waals surface area (Å²) in [6, 6.07) is 3.94. The molecule has 7 nitrogen and oxygen atoms in total. The molecule has 0 amide bonds. The van der Waals surface area contributed by atoms with Gasteiger partial charge in [-0.25, -0.2) is 16.8 Å². The molecule has 0 spiro atoms. The number of carboxylic acid groups (broad SMARTS) is 1. The summed E-state index contributed by atoms with van der Waals surface area (Å²) in [5.74, 6) is -2.10. The van der Waals surface area contributed by atoms with E-state index in [1.807, 2.05) is 0 Å². The van der Waals surface area contributed by atoms with Crippen molar-refractivity contribution < 1.29 is 26.7 Å². The molecule has 0 saturated carbocycles. The number of carboxylic acids is 1. The monoisotopic (exact) mass is 361 g/mol. The van der Waals surface area contributed by atoms with Crippen molar-refractivity contribution in [3.05, 3.63) is 23.8 Å². The van der Waals surface area contributed by atoms with Crippen LogP contribution in [0.1, 0.15) is 12.5 Å². The summed E-state index contributed by atoms with van der Waals surface area (Å²) in [4.78, 5) is 11.0. The molecule has 1 aromatic rings. The zero-order chi connectivity index (χ0) is 17.6. The number of aryl methyl sites for hydroxylation is 1. The minimum absolute atomic E-state index is 0.0799. The molecule has 0 aliphatic carbocycles. The normalized spacial score (nSPS) is 23.1. The molecule has 1 aliphatic heterocycles. The first-order valence-corrected chi connectivity index (χ1v) is 10.3. The molecule has 1 saturated heterocycles. The van der Waals surface area contributed by atoms with E-state index in [4.69, 9.17) is 5.11 Å². The van der Waals surface area contributed by atoms with Gasteiger partial charge in [0.2, 0.25) is 10.0 Å². The third-order valence-corrected chi connectivity index (χ3v) is 7.19. The quantitative estimate of drug-likeness (QED) is 0.847. The number of hydrogen-bond acceptors (Lipinski definition) is 5. The van der Waals surface area contributed by atoms with Crippen LogP contribution in [0.2, 0.25) is 0 Å². The van der Waals surface area contributed by atoms with Crippen molar-refractivity contribution in [1.82, 2.24) is 4.31 Å². The number of benzene rings is 1. The van der Waals surface area contributed by atoms with E-state index in [-0.39, 0.29) is 28.8 Å². The molecule has 0 radical (unpaired) electrons. The van der Waals surface area contributed by atoms with E-state index in [2.05, 4.69) is 0 Å². The summed E-state index contributed by atoms with van der Waals surface area (Å²) >= 11 is 0. The van der Waals surface area contributed by atoms with E-state index in [0.29, 0.717) is 5.56 Å². The molecule has 1 N–H and O–H groups in total. The van der Waals surface area contributed by atoms with E-state index < -0.39 is 31.7 Å². The molecule has 128 valence electrons. The summed E-state index contributed by atoms with van der Waals surface area (Å²) in [5.41, 5.74) is 0.420. The summed E-state index contributed by atoms with van der Waals surface area (Å²) in [6.45, 7) is 3.25. The maximum atomic E-state index is 12.8. The van der Waals surface area contributed by atoms with E-state index in [9.17, 15) is 21.6 Å². The van der Waals surface area contributed by atoms with Crippen LogP contribution in [0.25, 0.3) is 0 Å². The first-order valence-electron chi connectivity index (χ1n) is 6.98. The number of hydrogen-bond donors (Lipinski definition) is 1. The molecular weight excluding hydrogens is 342 g/mol. The van der Waals surface area contributed by atoms with Crippen molar-refractivity contribution >= 4 is 25.8 Å². The van der Waals surface area contributed by atoms with Gasteiger partial charge in [-0.3, -0.25) is 4.79 Å². The number of carbonyl (C=O) groups is 1. The van der Waals surface area contributed by atoms with Crippen LogP contribution in [0.4, 0.5) is 0 Å². The van der Waals surface area contributed by atoms with E-state index in [1.54, 1.807) is 13.8 Å². The highest BCUT2D eigenvalue weighted by Gasteiger charge is 2.41. The highest BCUT2D eigenvalue weighted by molar-refractivity contribution is 7.91. The van der Waals surface area contributed by atoms with Crippen molar-refractivity contribution in [3.63, 3.8) is 0 Å². The van der Waals surface area contributed by atoms with Crippen LogP contribution >= 0.6 is 0 Å². The Morgan fingerprint density at radius 1 is 1.22 bits per heavy atom. The Bertz CT molecular complexity index is 844. The number of rotatable bonds is 4. The number of nitrogens with zero attached hydrogens (tertiary/aromatic N) is 1. The molecule has 9 heteroatoms. The molecule has 2 rings (SSSR count). The van der Waals surface area contributed by atoms with Gasteiger partial charge < -0.3 is 5.11 Å². The fourth-order valence-electron chi connectivity index (χ4n) is 2.67. The first-order chi connectivity index (χ1) is 10.4. The zero-order valence-electron chi connectivity index (χ0n) is 13.1. The standard InChI is InChI=1S/C14H19NO6S2/c1-9-4-5-11(22(3,18)19)6-13(9)23(20,21)15-7-10(2)12(8-15)14(16)17/h4-6,10,12H,7-8H2,1-3H3,(H,16,17)/t10-,12-/m1/s1. The van der Waals surface area contributed by atoms with Crippen LogP contribution in [-0.4, -0.2) is 51.6 Å². The molecule has 0 unspecified atom stereocenters. The second kappa shape index (κ2) is 5.88. The molecular formula is C14H19NO6S2. The lowest BCUT2D eigenvalue weighted by atomic mass is 9.99. The Labute approximate surface area is 135 Å². The first kappa shape index (κ1) is 17.9. The lowest BCUT2D eigenvalue weighted by Gasteiger charge is -2.18. The summed E-state index contributed by atoms with van der Waals surface area (Å²) in [7, 11) is -7.48. The van der Waals surface area contributed by atoms with Gasteiger partial charge in [0, 0.05) is 19.3 Å². The number of sulfonamides is 1. The SMILES string of the molecule is Cc1ccc(S(C)(=O)=O)cc1S(=O)(=O)N1C[C@@H](C)[C@H](C(=O)O)C1. The van der Waals surface area contributed by atoms with Crippen LogP contribution in [0, 0.1) is 18.8 Å². The summed E-state index contributed by atoms with van der Waals surface area (Å²) in [6.07, 6.45) is 1.01. The lowest BCUT2D eigenvalue weighted by molar-refractivity contribution is -0.142. The summed E-state index contributed by atoms with van der Waals surface area (Å²) < 4.78 is 50.0. The van der Waals surface area contributed by atoms with E-state index in [1.165, 1.54) is 12.1 Å². The molecule has 1 aliphatic rings. The molecule has 1 heterocycles. The van der Waals surface area contributed by atoms with Gasteiger partial charge in [-0.05, 0) is 30.5 Å². The van der Waals surface area contributed by atoms with Crippen LogP contribution in [0.15, 0.2) is 28.0 Å². The van der Waals surface area contributed by atoms with Crippen LogP contribution in [0.5, 0.6) is 0 Å². The van der Waals surface area contributed by atoms with Gasteiger partial charge in [-0.1, -0.05) is 13.0 Å². The third kappa shape index (κ3) is 3.41. The van der Waals surface area contributed by atoms with Crippen LogP contribution < -0.4 is 0 Å². The van der Waals surface area contributed by atoms with Gasteiger partial charge in [-0.15, -0.1) is 0 Å². The fourth-order valence-corrected chi connectivity index (χ4v) is 5.21. The minimum atomic E-state index is -3.95. The molecule has 2 atom stereocenters. The van der Waals surface area contributed by atoms with Gasteiger partial charge in [0.05, 0.1) is 15.7 Å². The predicted octanol–water partition coefficient (Wildman–Crippen LogP) is 0.740. The highest BCUT2D eigenvalue weighted by Crippen LogP contribution is 2.30. The molecule has 1 aromatic carbocycles. The van der Waals surface area contributed by atoms with Gasteiger partial charge >= 0.3 is 5.97 Å². The summed E-state index contributed by atoms with van der Waals surface area (Å²) in [5, 5.41) is 9.14. The number of aliphatic carboxylic acids is 1. The Morgan fingerprint density at radius 2 is 1.83 bits per heavy atom. The van der Waals surface area contributed by atoms with Crippen molar-refractivity contribution in [2.75, 3.05) is 19.3 Å². The predicted molar refractivity (Wildman–Crippen MR) is 83.3 cm³/mol. The van der Waals surface area contributed by atoms with Crippen molar-refractivity contribution in [2.24, 2.45) is 11.8 Å². The fraction of sp³-hybridized carbons (Fsp3) is 0.500. The van der Waals surface area contributed by atoms with Gasteiger partial charge in [0.25, 0.3) is 0 Å². The third-order valence-electron chi connectivity index (χ3n) is 4.10. The van der Waals surface area contributed by atoms with Crippen LogP contribution in [-0.2, 0) is 24.7 Å². The van der Waals surface area contributed by atoms with E-state index in [0.717, 1.165) is 16.6 Å². The molecule has 0 aromatic heterocycles. The maximum Gasteiger partial charge on any atom is 0.308 e. The van der Waals surface area contributed by atoms with Crippen molar-refractivity contribution in [2.45, 2.75) is 23.6 Å². The average Bonchev–Trinajstić information content (AvgIpc) is 2.80. The number of sulfone groups is 1. The Hall–Kier alpha value is -1.45. The largest absolute Gasteiger partial charge is 0.481 e. The maximum absolute atomic E-state index is 12.8. The van der Waals surface area contributed by atoms with Gasteiger partial charge in [0.1, 0.15) is 0 Å². The van der Waals surface area contributed by atoms with Crippen LogP contribution in [0.3, 0.4) is 0 Å². The second-order valence-electron chi connectivity index (χ2n) is 5.94. The van der Waals surface area contributed by atoms with Gasteiger partial charge in [0.15, 0.2) is 9.84 Å².